The average Bonchev–Trinajstić information content (AvgIpc) is 2.59. The van der Waals surface area contributed by atoms with E-state index in [1.807, 2.05) is 24.4 Å². The Morgan fingerprint density at radius 3 is 3.07 bits per heavy atom. The van der Waals surface area contributed by atoms with Crippen LogP contribution in [0.4, 0.5) is 5.69 Å². The molecule has 1 unspecified atom stereocenters. The van der Waals surface area contributed by atoms with Crippen LogP contribution in [0.1, 0.15) is 24.3 Å². The van der Waals surface area contributed by atoms with Crippen LogP contribution in [-0.2, 0) is 4.79 Å². The molecule has 1 aromatic carbocycles. The van der Waals surface area contributed by atoms with E-state index in [-0.39, 0.29) is 12.3 Å². The summed E-state index contributed by atoms with van der Waals surface area (Å²) < 4.78 is 0.967. The van der Waals surface area contributed by atoms with Crippen LogP contribution in [0.2, 0.25) is 0 Å². The van der Waals surface area contributed by atoms with Crippen LogP contribution >= 0.6 is 15.9 Å². The van der Waals surface area contributed by atoms with Gasteiger partial charge < -0.3 is 5.11 Å². The second kappa shape index (κ2) is 4.14. The molecule has 1 aliphatic heterocycles. The largest absolute Gasteiger partial charge is 0.481 e. The first-order valence-corrected chi connectivity index (χ1v) is 5.52. The van der Waals surface area contributed by atoms with Crippen LogP contribution in [0.25, 0.3) is 0 Å². The molecule has 0 radical (unpaired) electrons. The molecule has 1 N–H and O–H groups in total. The molecule has 0 aliphatic carbocycles. The number of rotatable bonds is 3. The van der Waals surface area contributed by atoms with Gasteiger partial charge in [-0.3, -0.25) is 9.79 Å². The third-order valence-corrected chi connectivity index (χ3v) is 3.11. The van der Waals surface area contributed by atoms with E-state index in [9.17, 15) is 4.79 Å². The Kier molecular flexibility index (Phi) is 2.86. The van der Waals surface area contributed by atoms with Crippen molar-refractivity contribution in [1.82, 2.24) is 0 Å². The number of carboxylic acid groups (broad SMARTS) is 1. The quantitative estimate of drug-likeness (QED) is 0.915. The van der Waals surface area contributed by atoms with E-state index in [0.717, 1.165) is 15.7 Å². The van der Waals surface area contributed by atoms with Gasteiger partial charge in [-0.15, -0.1) is 0 Å². The fraction of sp³-hybridized carbons (Fsp3) is 0.273. The molecule has 2 rings (SSSR count). The summed E-state index contributed by atoms with van der Waals surface area (Å²) in [5, 5.41) is 8.62. The third kappa shape index (κ3) is 2.09. The first-order chi connectivity index (χ1) is 7.18. The number of hydrogen-bond acceptors (Lipinski definition) is 2. The highest BCUT2D eigenvalue weighted by Crippen LogP contribution is 2.39. The predicted molar refractivity (Wildman–Crippen MR) is 61.9 cm³/mol. The van der Waals surface area contributed by atoms with Gasteiger partial charge in [0.2, 0.25) is 0 Å². The molecule has 1 aliphatic rings. The Morgan fingerprint density at radius 1 is 1.53 bits per heavy atom. The molecule has 0 fully saturated rings. The molecule has 0 aromatic heterocycles. The number of fused-ring (bicyclic) bond motifs is 1. The summed E-state index contributed by atoms with van der Waals surface area (Å²) in [5.74, 6) is -0.611. The van der Waals surface area contributed by atoms with Gasteiger partial charge in [0, 0.05) is 23.0 Å². The molecule has 0 saturated carbocycles. The normalized spacial score (nSPS) is 17.8. The zero-order chi connectivity index (χ0) is 10.8. The van der Waals surface area contributed by atoms with Gasteiger partial charge in [-0.05, 0) is 34.0 Å². The maximum Gasteiger partial charge on any atom is 0.303 e. The molecule has 3 nitrogen and oxygen atoms in total. The number of aliphatic carboxylic acids is 1. The van der Waals surface area contributed by atoms with E-state index >= 15 is 0 Å². The molecule has 1 heterocycles. The van der Waals surface area contributed by atoms with Crippen LogP contribution in [0.15, 0.2) is 27.7 Å². The van der Waals surface area contributed by atoms with Crippen molar-refractivity contribution in [2.24, 2.45) is 4.99 Å². The monoisotopic (exact) mass is 267 g/mol. The lowest BCUT2D eigenvalue weighted by Gasteiger charge is -2.07. The summed E-state index contributed by atoms with van der Waals surface area (Å²) in [6, 6.07) is 5.89. The van der Waals surface area contributed by atoms with Gasteiger partial charge in [-0.25, -0.2) is 0 Å². The minimum Gasteiger partial charge on any atom is -0.481 e. The van der Waals surface area contributed by atoms with Gasteiger partial charge in [-0.1, -0.05) is 12.1 Å². The zero-order valence-electron chi connectivity index (χ0n) is 7.98. The molecule has 1 aromatic rings. The standard InChI is InChI=1S/C11H10BrNO2/c12-9-3-1-2-8-7(4-5-10(14)15)6-13-11(8)9/h1-3,6-7H,4-5H2,(H,14,15). The Bertz CT molecular complexity index is 429. The van der Waals surface area contributed by atoms with Crippen molar-refractivity contribution in [2.75, 3.05) is 0 Å². The maximum atomic E-state index is 10.5. The van der Waals surface area contributed by atoms with E-state index in [1.54, 1.807) is 0 Å². The lowest BCUT2D eigenvalue weighted by Crippen LogP contribution is -2.01. The van der Waals surface area contributed by atoms with Gasteiger partial charge in [0.1, 0.15) is 0 Å². The number of aliphatic imine (C=N–C) groups is 1. The van der Waals surface area contributed by atoms with Crippen LogP contribution < -0.4 is 0 Å². The number of halogens is 1. The second-order valence-corrected chi connectivity index (χ2v) is 4.35. The van der Waals surface area contributed by atoms with E-state index < -0.39 is 5.97 Å². The summed E-state index contributed by atoms with van der Waals surface area (Å²) in [4.78, 5) is 14.8. The summed E-state index contributed by atoms with van der Waals surface area (Å²) in [6.07, 6.45) is 2.63. The maximum absolute atomic E-state index is 10.5. The topological polar surface area (TPSA) is 49.7 Å². The third-order valence-electron chi connectivity index (χ3n) is 2.47. The lowest BCUT2D eigenvalue weighted by atomic mass is 9.96. The van der Waals surface area contributed by atoms with Crippen LogP contribution in [0, 0.1) is 0 Å². The molecule has 1 atom stereocenters. The van der Waals surface area contributed by atoms with Crippen LogP contribution in [-0.4, -0.2) is 17.3 Å². The smallest absolute Gasteiger partial charge is 0.303 e. The first-order valence-electron chi connectivity index (χ1n) is 4.73. The van der Waals surface area contributed by atoms with Crippen molar-refractivity contribution in [2.45, 2.75) is 18.8 Å². The number of para-hydroxylation sites is 1. The van der Waals surface area contributed by atoms with Crippen molar-refractivity contribution < 1.29 is 9.90 Å². The molecule has 0 amide bonds. The molecule has 78 valence electrons. The van der Waals surface area contributed by atoms with Crippen molar-refractivity contribution in [3.63, 3.8) is 0 Å². The average molecular weight is 268 g/mol. The van der Waals surface area contributed by atoms with Gasteiger partial charge in [-0.2, -0.15) is 0 Å². The second-order valence-electron chi connectivity index (χ2n) is 3.49. The highest BCUT2D eigenvalue weighted by atomic mass is 79.9. The van der Waals surface area contributed by atoms with E-state index in [0.29, 0.717) is 6.42 Å². The fourth-order valence-corrected chi connectivity index (χ4v) is 2.21. The molecular formula is C11H10BrNO2. The van der Waals surface area contributed by atoms with Gasteiger partial charge in [0.05, 0.1) is 5.69 Å². The van der Waals surface area contributed by atoms with Gasteiger partial charge in [0.25, 0.3) is 0 Å². The molecule has 0 spiro atoms. The Hall–Kier alpha value is -1.16. The van der Waals surface area contributed by atoms with Gasteiger partial charge >= 0.3 is 5.97 Å². The van der Waals surface area contributed by atoms with E-state index in [1.165, 1.54) is 0 Å². The van der Waals surface area contributed by atoms with Crippen molar-refractivity contribution in [3.8, 4) is 0 Å². The highest BCUT2D eigenvalue weighted by molar-refractivity contribution is 9.10. The molecule has 15 heavy (non-hydrogen) atoms. The predicted octanol–water partition coefficient (Wildman–Crippen LogP) is 3.11. The lowest BCUT2D eigenvalue weighted by molar-refractivity contribution is -0.137. The SMILES string of the molecule is O=C(O)CCC1C=Nc2c(Br)cccc21. The molecule has 0 bridgehead atoms. The fourth-order valence-electron chi connectivity index (χ4n) is 1.72. The Balaban J connectivity index is 2.18. The van der Waals surface area contributed by atoms with E-state index in [2.05, 4.69) is 20.9 Å². The number of carboxylic acids is 1. The number of hydrogen-bond donors (Lipinski definition) is 1. The van der Waals surface area contributed by atoms with Crippen molar-refractivity contribution in [1.29, 1.82) is 0 Å². The minimum atomic E-state index is -0.758. The first kappa shape index (κ1) is 10.4. The molecule has 0 saturated heterocycles. The minimum absolute atomic E-state index is 0.147. The highest BCUT2D eigenvalue weighted by Gasteiger charge is 2.20. The Labute approximate surface area is 96.0 Å². The van der Waals surface area contributed by atoms with Crippen molar-refractivity contribution >= 4 is 33.8 Å². The Morgan fingerprint density at radius 2 is 2.33 bits per heavy atom. The van der Waals surface area contributed by atoms with Crippen molar-refractivity contribution in [3.05, 3.63) is 28.2 Å². The zero-order valence-corrected chi connectivity index (χ0v) is 9.57. The van der Waals surface area contributed by atoms with E-state index in [4.69, 9.17) is 5.11 Å². The summed E-state index contributed by atoms with van der Waals surface area (Å²) in [7, 11) is 0. The summed E-state index contributed by atoms with van der Waals surface area (Å²) in [6.45, 7) is 0. The number of benzene rings is 1. The number of nitrogens with zero attached hydrogens (tertiary/aromatic N) is 1. The summed E-state index contributed by atoms with van der Waals surface area (Å²) >= 11 is 3.42. The summed E-state index contributed by atoms with van der Waals surface area (Å²) in [5.41, 5.74) is 2.05. The van der Waals surface area contributed by atoms with Gasteiger partial charge in [0.15, 0.2) is 0 Å². The van der Waals surface area contributed by atoms with Crippen LogP contribution in [0.3, 0.4) is 0 Å². The molecule has 4 heteroatoms. The van der Waals surface area contributed by atoms with Crippen LogP contribution in [0.5, 0.6) is 0 Å². The number of carbonyl (C=O) groups is 1. The molecular weight excluding hydrogens is 258 g/mol.